The van der Waals surface area contributed by atoms with Crippen molar-refractivity contribution >= 4 is 42.8 Å². The molecule has 2 rings (SSSR count). The Kier molecular flexibility index (Phi) is 2.21. The number of halogens is 2. The number of nitrogens with zero attached hydrogens (tertiary/aromatic N) is 2. The molecule has 0 spiro atoms. The van der Waals surface area contributed by atoms with Crippen LogP contribution in [0, 0.1) is 0 Å². The monoisotopic (exact) mass is 302 g/mol. The number of hydrogen-bond acceptors (Lipinski definition) is 2. The SMILES string of the molecule is O=c1c2ccccc2c(Br)nn1Br. The highest BCUT2D eigenvalue weighted by Gasteiger charge is 2.05. The van der Waals surface area contributed by atoms with E-state index in [0.29, 0.717) is 9.99 Å². The largest absolute Gasteiger partial charge is 0.285 e. The third-order valence-corrected chi connectivity index (χ3v) is 2.79. The van der Waals surface area contributed by atoms with Crippen molar-refractivity contribution in [3.63, 3.8) is 0 Å². The lowest BCUT2D eigenvalue weighted by Crippen LogP contribution is -2.15. The predicted molar refractivity (Wildman–Crippen MR) is 58.0 cm³/mol. The Hall–Kier alpha value is -0.680. The zero-order valence-corrected chi connectivity index (χ0v) is 9.54. The van der Waals surface area contributed by atoms with Crippen molar-refractivity contribution in [3.8, 4) is 0 Å². The lowest BCUT2D eigenvalue weighted by molar-refractivity contribution is 0.938. The van der Waals surface area contributed by atoms with Crippen LogP contribution in [0.4, 0.5) is 0 Å². The van der Waals surface area contributed by atoms with E-state index in [1.54, 1.807) is 6.07 Å². The lowest BCUT2D eigenvalue weighted by Gasteiger charge is -1.99. The maximum absolute atomic E-state index is 11.5. The van der Waals surface area contributed by atoms with E-state index in [4.69, 9.17) is 0 Å². The molecule has 0 amide bonds. The molecule has 0 aliphatic heterocycles. The van der Waals surface area contributed by atoms with Crippen LogP contribution in [0.3, 0.4) is 0 Å². The minimum Gasteiger partial charge on any atom is -0.266 e. The van der Waals surface area contributed by atoms with Gasteiger partial charge in [-0.15, -0.1) is 0 Å². The van der Waals surface area contributed by atoms with Crippen LogP contribution >= 0.6 is 32.1 Å². The second-order valence-corrected chi connectivity index (χ2v) is 3.92. The molecular formula is C8H4Br2N2O. The van der Waals surface area contributed by atoms with Crippen LogP contribution < -0.4 is 5.56 Å². The Balaban J connectivity index is 3.06. The van der Waals surface area contributed by atoms with Gasteiger partial charge in [0.05, 0.1) is 21.5 Å². The Morgan fingerprint density at radius 1 is 1.23 bits per heavy atom. The Morgan fingerprint density at radius 2 is 1.85 bits per heavy atom. The van der Waals surface area contributed by atoms with E-state index >= 15 is 0 Å². The first-order valence-corrected chi connectivity index (χ1v) is 5.04. The smallest absolute Gasteiger partial charge is 0.266 e. The van der Waals surface area contributed by atoms with Crippen molar-refractivity contribution in [1.29, 1.82) is 0 Å². The van der Waals surface area contributed by atoms with Gasteiger partial charge in [0.25, 0.3) is 5.56 Å². The van der Waals surface area contributed by atoms with Crippen LogP contribution in [0.5, 0.6) is 0 Å². The molecule has 1 aromatic carbocycles. The molecular weight excluding hydrogens is 300 g/mol. The number of benzene rings is 1. The molecule has 0 N–H and O–H groups in total. The van der Waals surface area contributed by atoms with Crippen molar-refractivity contribution in [2.75, 3.05) is 0 Å². The molecule has 0 saturated heterocycles. The van der Waals surface area contributed by atoms with Gasteiger partial charge in [0, 0.05) is 5.39 Å². The summed E-state index contributed by atoms with van der Waals surface area (Å²) in [6.07, 6.45) is 0. The van der Waals surface area contributed by atoms with E-state index in [9.17, 15) is 4.79 Å². The van der Waals surface area contributed by atoms with E-state index in [1.165, 1.54) is 0 Å². The van der Waals surface area contributed by atoms with E-state index in [1.807, 2.05) is 18.2 Å². The lowest BCUT2D eigenvalue weighted by atomic mass is 10.2. The van der Waals surface area contributed by atoms with Gasteiger partial charge in [-0.2, -0.15) is 8.81 Å². The number of hydrogen-bond donors (Lipinski definition) is 0. The van der Waals surface area contributed by atoms with Crippen LogP contribution in [0.15, 0.2) is 33.7 Å². The van der Waals surface area contributed by atoms with E-state index < -0.39 is 0 Å². The van der Waals surface area contributed by atoms with E-state index in [-0.39, 0.29) is 5.56 Å². The highest BCUT2D eigenvalue weighted by Crippen LogP contribution is 2.18. The zero-order chi connectivity index (χ0) is 9.42. The van der Waals surface area contributed by atoms with Crippen molar-refractivity contribution in [2.45, 2.75) is 0 Å². The van der Waals surface area contributed by atoms with Gasteiger partial charge >= 0.3 is 0 Å². The molecule has 0 radical (unpaired) electrons. The van der Waals surface area contributed by atoms with Crippen LogP contribution in [0.1, 0.15) is 0 Å². The quantitative estimate of drug-likeness (QED) is 0.748. The predicted octanol–water partition coefficient (Wildman–Crippen LogP) is 2.32. The van der Waals surface area contributed by atoms with E-state index in [0.717, 1.165) is 9.09 Å². The molecule has 13 heavy (non-hydrogen) atoms. The van der Waals surface area contributed by atoms with Crippen LogP contribution in [-0.4, -0.2) is 8.81 Å². The van der Waals surface area contributed by atoms with Gasteiger partial charge < -0.3 is 0 Å². The molecule has 1 heterocycles. The number of fused-ring (bicyclic) bond motifs is 1. The fourth-order valence-electron chi connectivity index (χ4n) is 1.13. The zero-order valence-electron chi connectivity index (χ0n) is 6.37. The summed E-state index contributed by atoms with van der Waals surface area (Å²) in [5.74, 6) is 0. The number of aromatic nitrogens is 2. The standard InChI is InChI=1S/C8H4Br2N2O/c9-7-5-3-1-2-4-6(5)8(13)12(10)11-7/h1-4H. The summed E-state index contributed by atoms with van der Waals surface area (Å²) in [5.41, 5.74) is -0.154. The second-order valence-electron chi connectivity index (χ2n) is 2.50. The van der Waals surface area contributed by atoms with Crippen LogP contribution in [-0.2, 0) is 0 Å². The van der Waals surface area contributed by atoms with Gasteiger partial charge in [0.1, 0.15) is 4.60 Å². The van der Waals surface area contributed by atoms with Crippen LogP contribution in [0.25, 0.3) is 10.8 Å². The third-order valence-electron chi connectivity index (χ3n) is 1.72. The molecule has 5 heteroatoms. The third kappa shape index (κ3) is 1.42. The van der Waals surface area contributed by atoms with Gasteiger partial charge in [0.2, 0.25) is 0 Å². The second kappa shape index (κ2) is 3.23. The van der Waals surface area contributed by atoms with Crippen molar-refractivity contribution in [1.82, 2.24) is 8.81 Å². The minimum absolute atomic E-state index is 0.154. The van der Waals surface area contributed by atoms with Gasteiger partial charge in [-0.25, -0.2) is 0 Å². The van der Waals surface area contributed by atoms with Gasteiger partial charge in [-0.3, -0.25) is 4.79 Å². The molecule has 1 aromatic heterocycles. The Bertz CT molecular complexity index is 521. The average molecular weight is 304 g/mol. The molecule has 0 saturated carbocycles. The number of rotatable bonds is 0. The molecule has 0 atom stereocenters. The molecule has 0 fully saturated rings. The van der Waals surface area contributed by atoms with Crippen molar-refractivity contribution in [3.05, 3.63) is 39.2 Å². The molecule has 0 bridgehead atoms. The van der Waals surface area contributed by atoms with Gasteiger partial charge in [-0.05, 0) is 22.0 Å². The molecule has 3 nitrogen and oxygen atoms in total. The van der Waals surface area contributed by atoms with Gasteiger partial charge in [-0.1, -0.05) is 18.2 Å². The molecule has 2 aromatic rings. The normalized spacial score (nSPS) is 10.6. The molecule has 0 unspecified atom stereocenters. The van der Waals surface area contributed by atoms with Crippen molar-refractivity contribution < 1.29 is 0 Å². The van der Waals surface area contributed by atoms with E-state index in [2.05, 4.69) is 37.2 Å². The van der Waals surface area contributed by atoms with Gasteiger partial charge in [0.15, 0.2) is 0 Å². The molecule has 66 valence electrons. The maximum Gasteiger partial charge on any atom is 0.285 e. The first-order valence-electron chi connectivity index (χ1n) is 3.54. The average Bonchev–Trinajstić information content (AvgIpc) is 2.15. The summed E-state index contributed by atoms with van der Waals surface area (Å²) < 4.78 is 1.79. The summed E-state index contributed by atoms with van der Waals surface area (Å²) in [7, 11) is 0. The van der Waals surface area contributed by atoms with Crippen LogP contribution in [0.2, 0.25) is 0 Å². The maximum atomic E-state index is 11.5. The first kappa shape index (κ1) is 8.90. The summed E-state index contributed by atoms with van der Waals surface area (Å²) in [6, 6.07) is 7.30. The topological polar surface area (TPSA) is 34.9 Å². The molecule has 0 aliphatic carbocycles. The Labute approximate surface area is 90.8 Å². The summed E-state index contributed by atoms with van der Waals surface area (Å²) >= 11 is 6.31. The fraction of sp³-hybridized carbons (Fsp3) is 0. The Morgan fingerprint density at radius 3 is 2.54 bits per heavy atom. The summed E-state index contributed by atoms with van der Waals surface area (Å²) in [5, 5.41) is 5.40. The highest BCUT2D eigenvalue weighted by atomic mass is 79.9. The minimum atomic E-state index is -0.154. The molecule has 0 aliphatic rings. The highest BCUT2D eigenvalue weighted by molar-refractivity contribution is 9.10. The first-order chi connectivity index (χ1) is 6.20. The fourth-order valence-corrected chi connectivity index (χ4v) is 2.19. The summed E-state index contributed by atoms with van der Waals surface area (Å²) in [6.45, 7) is 0. The van der Waals surface area contributed by atoms with Crippen molar-refractivity contribution in [2.24, 2.45) is 0 Å². The summed E-state index contributed by atoms with van der Waals surface area (Å²) in [4.78, 5) is 11.5.